The summed E-state index contributed by atoms with van der Waals surface area (Å²) in [6.07, 6.45) is 0. The average Bonchev–Trinajstić information content (AvgIpc) is 3.03. The van der Waals surface area contributed by atoms with Crippen LogP contribution in [0.1, 0.15) is 18.3 Å². The summed E-state index contributed by atoms with van der Waals surface area (Å²) in [4.78, 5) is 0. The molecule has 0 amide bonds. The molecule has 2 aromatic carbocycles. The Morgan fingerprint density at radius 2 is 1.84 bits per heavy atom. The minimum absolute atomic E-state index is 0.354. The van der Waals surface area contributed by atoms with Crippen molar-refractivity contribution in [1.29, 1.82) is 0 Å². The van der Waals surface area contributed by atoms with E-state index >= 15 is 0 Å². The summed E-state index contributed by atoms with van der Waals surface area (Å²) in [6.45, 7) is 4.50. The van der Waals surface area contributed by atoms with Gasteiger partial charge in [-0.15, -0.1) is 10.2 Å². The van der Waals surface area contributed by atoms with Crippen LogP contribution in [-0.2, 0) is 6.61 Å². The van der Waals surface area contributed by atoms with Gasteiger partial charge in [-0.2, -0.15) is 0 Å². The summed E-state index contributed by atoms with van der Waals surface area (Å²) in [7, 11) is 1.66. The van der Waals surface area contributed by atoms with Gasteiger partial charge in [0.2, 0.25) is 0 Å². The number of rotatable bonds is 7. The smallest absolute Gasteiger partial charge is 0.195 e. The highest BCUT2D eigenvalue weighted by Crippen LogP contribution is 2.24. The summed E-state index contributed by atoms with van der Waals surface area (Å²) < 4.78 is 13.2. The van der Waals surface area contributed by atoms with Crippen molar-refractivity contribution in [2.24, 2.45) is 0 Å². The second kappa shape index (κ2) is 8.07. The van der Waals surface area contributed by atoms with Crippen molar-refractivity contribution in [3.05, 3.63) is 59.9 Å². The van der Waals surface area contributed by atoms with E-state index in [2.05, 4.69) is 17.1 Å². The molecule has 1 aromatic heterocycles. The van der Waals surface area contributed by atoms with Crippen LogP contribution in [0, 0.1) is 6.92 Å². The highest BCUT2D eigenvalue weighted by Gasteiger charge is 2.15. The van der Waals surface area contributed by atoms with Crippen molar-refractivity contribution in [2.45, 2.75) is 25.6 Å². The largest absolute Gasteiger partial charge is 0.497 e. The van der Waals surface area contributed by atoms with Crippen LogP contribution in [-0.4, -0.2) is 27.6 Å². The minimum atomic E-state index is 0.354. The lowest BCUT2D eigenvalue weighted by atomic mass is 10.2. The number of thioether (sulfide) groups is 1. The Morgan fingerprint density at radius 1 is 1.04 bits per heavy atom. The monoisotopic (exact) mass is 355 g/mol. The van der Waals surface area contributed by atoms with Gasteiger partial charge < -0.3 is 9.47 Å². The molecule has 0 aliphatic heterocycles. The molecule has 0 atom stereocenters. The molecule has 0 unspecified atom stereocenters. The molecule has 0 spiro atoms. The lowest BCUT2D eigenvalue weighted by Gasteiger charge is -2.11. The van der Waals surface area contributed by atoms with Gasteiger partial charge in [-0.25, -0.2) is 0 Å². The van der Waals surface area contributed by atoms with Crippen LogP contribution in [0.25, 0.3) is 5.69 Å². The fourth-order valence-corrected chi connectivity index (χ4v) is 3.16. The Hall–Kier alpha value is -2.47. The van der Waals surface area contributed by atoms with Crippen LogP contribution < -0.4 is 9.47 Å². The number of hydrogen-bond acceptors (Lipinski definition) is 5. The molecule has 1 heterocycles. The van der Waals surface area contributed by atoms with Gasteiger partial charge in [0, 0.05) is 5.69 Å². The number of aromatic nitrogens is 3. The fourth-order valence-electron chi connectivity index (χ4n) is 2.46. The Labute approximate surface area is 152 Å². The van der Waals surface area contributed by atoms with E-state index in [1.165, 1.54) is 0 Å². The summed E-state index contributed by atoms with van der Waals surface area (Å²) in [6, 6.07) is 15.8. The molecule has 0 bridgehead atoms. The topological polar surface area (TPSA) is 49.2 Å². The Bertz CT molecular complexity index is 831. The maximum absolute atomic E-state index is 5.91. The standard InChI is InChI=1S/C19H21N3O2S/c1-4-25-19-21-20-18(13-24-17-7-5-6-14(2)12-17)22(19)15-8-10-16(23-3)11-9-15/h5-12H,4,13H2,1-3H3. The molecule has 3 rings (SSSR count). The normalized spacial score (nSPS) is 10.7. The fraction of sp³-hybridized carbons (Fsp3) is 0.263. The number of benzene rings is 2. The Morgan fingerprint density at radius 3 is 2.52 bits per heavy atom. The third-order valence-electron chi connectivity index (χ3n) is 3.66. The van der Waals surface area contributed by atoms with Crippen LogP contribution in [0.3, 0.4) is 0 Å². The Balaban J connectivity index is 1.88. The molecule has 6 heteroatoms. The quantitative estimate of drug-likeness (QED) is 0.592. The van der Waals surface area contributed by atoms with Crippen LogP contribution in [0.2, 0.25) is 0 Å². The SMILES string of the molecule is CCSc1nnc(COc2cccc(C)c2)n1-c1ccc(OC)cc1. The molecule has 3 aromatic rings. The molecule has 130 valence electrons. The number of ether oxygens (including phenoxy) is 2. The summed E-state index contributed by atoms with van der Waals surface area (Å²) >= 11 is 1.65. The van der Waals surface area contributed by atoms with Crippen molar-refractivity contribution in [2.75, 3.05) is 12.9 Å². The van der Waals surface area contributed by atoms with E-state index in [9.17, 15) is 0 Å². The van der Waals surface area contributed by atoms with Gasteiger partial charge in [-0.05, 0) is 54.6 Å². The third-order valence-corrected chi connectivity index (χ3v) is 4.47. The summed E-state index contributed by atoms with van der Waals surface area (Å²) in [5, 5.41) is 9.50. The number of aryl methyl sites for hydroxylation is 1. The first kappa shape index (κ1) is 17.4. The lowest BCUT2D eigenvalue weighted by Crippen LogP contribution is -2.06. The first-order valence-electron chi connectivity index (χ1n) is 8.12. The average molecular weight is 355 g/mol. The second-order valence-corrected chi connectivity index (χ2v) is 6.70. The predicted octanol–water partition coefficient (Wildman–Crippen LogP) is 4.28. The molecule has 5 nitrogen and oxygen atoms in total. The van der Waals surface area contributed by atoms with Gasteiger partial charge >= 0.3 is 0 Å². The zero-order chi connectivity index (χ0) is 17.6. The number of nitrogens with zero attached hydrogens (tertiary/aromatic N) is 3. The van der Waals surface area contributed by atoms with Crippen LogP contribution in [0.4, 0.5) is 0 Å². The molecule has 0 aliphatic rings. The van der Waals surface area contributed by atoms with E-state index in [0.717, 1.165) is 39.5 Å². The molecule has 0 aliphatic carbocycles. The zero-order valence-electron chi connectivity index (χ0n) is 14.6. The highest BCUT2D eigenvalue weighted by atomic mass is 32.2. The second-order valence-electron chi connectivity index (χ2n) is 5.47. The van der Waals surface area contributed by atoms with Gasteiger partial charge in [0.25, 0.3) is 0 Å². The molecular formula is C19H21N3O2S. The van der Waals surface area contributed by atoms with Gasteiger partial charge in [0.15, 0.2) is 11.0 Å². The van der Waals surface area contributed by atoms with E-state index < -0.39 is 0 Å². The van der Waals surface area contributed by atoms with Crippen LogP contribution in [0.5, 0.6) is 11.5 Å². The maximum atomic E-state index is 5.91. The van der Waals surface area contributed by atoms with Gasteiger partial charge in [-0.1, -0.05) is 30.8 Å². The minimum Gasteiger partial charge on any atom is -0.497 e. The van der Waals surface area contributed by atoms with Gasteiger partial charge in [0.1, 0.15) is 18.1 Å². The van der Waals surface area contributed by atoms with E-state index in [1.54, 1.807) is 18.9 Å². The van der Waals surface area contributed by atoms with Crippen LogP contribution >= 0.6 is 11.8 Å². The molecule has 0 saturated carbocycles. The number of methoxy groups -OCH3 is 1. The summed E-state index contributed by atoms with van der Waals surface area (Å²) in [5.74, 6) is 3.34. The highest BCUT2D eigenvalue weighted by molar-refractivity contribution is 7.99. The van der Waals surface area contributed by atoms with Crippen LogP contribution in [0.15, 0.2) is 53.7 Å². The molecular weight excluding hydrogens is 334 g/mol. The van der Waals surface area contributed by atoms with Gasteiger partial charge in [0.05, 0.1) is 7.11 Å². The molecule has 0 radical (unpaired) electrons. The first-order chi connectivity index (χ1) is 12.2. The van der Waals surface area contributed by atoms with Crippen molar-refractivity contribution in [3.8, 4) is 17.2 Å². The molecule has 25 heavy (non-hydrogen) atoms. The van der Waals surface area contributed by atoms with E-state index in [4.69, 9.17) is 9.47 Å². The molecule has 0 saturated heterocycles. The maximum Gasteiger partial charge on any atom is 0.195 e. The van der Waals surface area contributed by atoms with Crippen molar-refractivity contribution in [3.63, 3.8) is 0 Å². The van der Waals surface area contributed by atoms with Crippen molar-refractivity contribution >= 4 is 11.8 Å². The number of hydrogen-bond donors (Lipinski definition) is 0. The molecule has 0 fully saturated rings. The lowest BCUT2D eigenvalue weighted by molar-refractivity contribution is 0.292. The predicted molar refractivity (Wildman–Crippen MR) is 99.8 cm³/mol. The van der Waals surface area contributed by atoms with E-state index in [1.807, 2.05) is 60.0 Å². The van der Waals surface area contributed by atoms with Crippen molar-refractivity contribution in [1.82, 2.24) is 14.8 Å². The van der Waals surface area contributed by atoms with Crippen molar-refractivity contribution < 1.29 is 9.47 Å². The van der Waals surface area contributed by atoms with E-state index in [0.29, 0.717) is 6.61 Å². The zero-order valence-corrected chi connectivity index (χ0v) is 15.4. The summed E-state index contributed by atoms with van der Waals surface area (Å²) in [5.41, 5.74) is 2.15. The third kappa shape index (κ3) is 4.14. The first-order valence-corrected chi connectivity index (χ1v) is 9.10. The van der Waals surface area contributed by atoms with E-state index in [-0.39, 0.29) is 0 Å². The molecule has 0 N–H and O–H groups in total. The van der Waals surface area contributed by atoms with Gasteiger partial charge in [-0.3, -0.25) is 4.57 Å². The Kier molecular flexibility index (Phi) is 5.60.